The molecule has 5 aromatic heterocycles. The largest absolute Gasteiger partial charge is 0.293 e. The lowest BCUT2D eigenvalue weighted by molar-refractivity contribution is 1.01. The van der Waals surface area contributed by atoms with Gasteiger partial charge in [-0.25, -0.2) is 15.0 Å². The summed E-state index contributed by atoms with van der Waals surface area (Å²) in [6, 6.07) is 68.8. The van der Waals surface area contributed by atoms with E-state index >= 15 is 0 Å². The average molecular weight is 753 g/mol. The van der Waals surface area contributed by atoms with Crippen LogP contribution in [0.2, 0.25) is 0 Å². The highest BCUT2D eigenvalue weighted by molar-refractivity contribution is 6.18. The summed E-state index contributed by atoms with van der Waals surface area (Å²) in [5, 5.41) is 8.03. The maximum atomic E-state index is 5.47. The number of hydrogen-bond acceptors (Lipinski definition) is 3. The smallest absolute Gasteiger partial charge is 0.235 e. The van der Waals surface area contributed by atoms with Crippen LogP contribution in [0, 0.1) is 0 Å². The van der Waals surface area contributed by atoms with Gasteiger partial charge in [0.05, 0.1) is 33.3 Å². The number of nitrogens with zero attached hydrogens (tertiary/aromatic N) is 6. The number of aromatic nitrogens is 6. The van der Waals surface area contributed by atoms with Gasteiger partial charge in [0.25, 0.3) is 0 Å². The van der Waals surface area contributed by atoms with Gasteiger partial charge in [0, 0.05) is 43.6 Å². The molecule has 6 nitrogen and oxygen atoms in total. The summed E-state index contributed by atoms with van der Waals surface area (Å²) in [4.78, 5) is 15.9. The minimum atomic E-state index is 0.653. The standard InChI is InChI=1S/C53H32N6/c1-3-15-33(16-4-1)49-41-23-9-12-24-44(41)54-53(55-49)58-45-25-13-11-21-39(45)42-31-34(27-29-47(42)58)35-28-30-48-43(32-35)50-52(57(48)36-17-5-2-6-18-36)56-51-40-22-8-7-19-37(40)38-20-10-14-26-46(38)59(50)51/h1-32H. The van der Waals surface area contributed by atoms with Crippen molar-refractivity contribution in [3.8, 4) is 34.0 Å². The quantitative estimate of drug-likeness (QED) is 0.168. The van der Waals surface area contributed by atoms with Crippen LogP contribution >= 0.6 is 0 Å². The third kappa shape index (κ3) is 4.59. The molecular weight excluding hydrogens is 721 g/mol. The molecule has 0 saturated carbocycles. The van der Waals surface area contributed by atoms with E-state index in [0.29, 0.717) is 5.95 Å². The van der Waals surface area contributed by atoms with Crippen LogP contribution in [0.15, 0.2) is 194 Å². The van der Waals surface area contributed by atoms with Gasteiger partial charge >= 0.3 is 0 Å². The van der Waals surface area contributed by atoms with Crippen LogP contribution in [-0.2, 0) is 0 Å². The van der Waals surface area contributed by atoms with Crippen molar-refractivity contribution >= 4 is 82.1 Å². The van der Waals surface area contributed by atoms with Crippen LogP contribution in [0.5, 0.6) is 0 Å². The van der Waals surface area contributed by atoms with Crippen molar-refractivity contribution in [3.05, 3.63) is 194 Å². The maximum absolute atomic E-state index is 5.47. The summed E-state index contributed by atoms with van der Waals surface area (Å²) < 4.78 is 6.91. The lowest BCUT2D eigenvalue weighted by Crippen LogP contribution is -2.03. The zero-order valence-corrected chi connectivity index (χ0v) is 31.7. The summed E-state index contributed by atoms with van der Waals surface area (Å²) in [7, 11) is 0. The Bertz CT molecular complexity index is 3840. The molecule has 0 saturated heterocycles. The molecule has 6 heteroatoms. The molecule has 5 heterocycles. The molecule has 8 aromatic carbocycles. The number of fused-ring (bicyclic) bond motifs is 14. The Morgan fingerprint density at radius 3 is 1.64 bits per heavy atom. The fourth-order valence-corrected chi connectivity index (χ4v) is 9.43. The van der Waals surface area contributed by atoms with Crippen molar-refractivity contribution in [2.45, 2.75) is 0 Å². The molecule has 0 aliphatic heterocycles. The lowest BCUT2D eigenvalue weighted by Gasteiger charge is -2.12. The van der Waals surface area contributed by atoms with Gasteiger partial charge in [0.15, 0.2) is 5.65 Å². The van der Waals surface area contributed by atoms with E-state index in [1.807, 2.05) is 12.1 Å². The van der Waals surface area contributed by atoms with E-state index in [1.54, 1.807) is 0 Å². The molecule has 0 amide bonds. The Balaban J connectivity index is 1.07. The third-order valence-corrected chi connectivity index (χ3v) is 12.0. The van der Waals surface area contributed by atoms with Crippen LogP contribution in [0.3, 0.4) is 0 Å². The van der Waals surface area contributed by atoms with Crippen molar-refractivity contribution < 1.29 is 0 Å². The van der Waals surface area contributed by atoms with Gasteiger partial charge in [-0.3, -0.25) is 13.5 Å². The molecule has 0 fully saturated rings. The second kappa shape index (κ2) is 12.2. The normalized spacial score (nSPS) is 12.1. The molecule has 0 aliphatic rings. The number of rotatable bonds is 4. The van der Waals surface area contributed by atoms with Crippen molar-refractivity contribution in [1.29, 1.82) is 0 Å². The maximum Gasteiger partial charge on any atom is 0.235 e. The second-order valence-electron chi connectivity index (χ2n) is 15.2. The summed E-state index contributed by atoms with van der Waals surface area (Å²) in [6.45, 7) is 0. The molecule has 0 spiro atoms. The van der Waals surface area contributed by atoms with Gasteiger partial charge in [0.1, 0.15) is 11.2 Å². The SMILES string of the molecule is c1ccc(-c2nc(-n3c4ccccc4c4cc(-c5ccc6c(c5)c5c(nc7c8ccccc8c8ccccc8n75)n6-c5ccccc5)ccc43)nc3ccccc23)cc1. The molecule has 274 valence electrons. The lowest BCUT2D eigenvalue weighted by atomic mass is 10.0. The first-order valence-electron chi connectivity index (χ1n) is 20.0. The van der Waals surface area contributed by atoms with Crippen molar-refractivity contribution in [3.63, 3.8) is 0 Å². The van der Waals surface area contributed by atoms with E-state index in [4.69, 9.17) is 15.0 Å². The van der Waals surface area contributed by atoms with Crippen LogP contribution < -0.4 is 0 Å². The molecule has 0 N–H and O–H groups in total. The summed E-state index contributed by atoms with van der Waals surface area (Å²) >= 11 is 0. The van der Waals surface area contributed by atoms with Gasteiger partial charge in [-0.1, -0.05) is 140 Å². The first kappa shape index (κ1) is 32.0. The zero-order valence-electron chi connectivity index (χ0n) is 31.7. The molecule has 13 aromatic rings. The Hall–Kier alpha value is -8.09. The molecule has 0 radical (unpaired) electrons. The highest BCUT2D eigenvalue weighted by Crippen LogP contribution is 2.41. The minimum Gasteiger partial charge on any atom is -0.293 e. The van der Waals surface area contributed by atoms with Gasteiger partial charge in [-0.15, -0.1) is 0 Å². The van der Waals surface area contributed by atoms with E-state index < -0.39 is 0 Å². The van der Waals surface area contributed by atoms with E-state index in [2.05, 4.69) is 196 Å². The highest BCUT2D eigenvalue weighted by Gasteiger charge is 2.23. The Morgan fingerprint density at radius 2 is 0.881 bits per heavy atom. The van der Waals surface area contributed by atoms with E-state index in [1.165, 1.54) is 10.8 Å². The molecule has 0 atom stereocenters. The molecule has 0 aliphatic carbocycles. The van der Waals surface area contributed by atoms with Gasteiger partial charge in [-0.2, -0.15) is 0 Å². The van der Waals surface area contributed by atoms with Gasteiger partial charge in [-0.05, 0) is 71.1 Å². The van der Waals surface area contributed by atoms with E-state index in [-0.39, 0.29) is 0 Å². The zero-order chi connectivity index (χ0) is 38.6. The fourth-order valence-electron chi connectivity index (χ4n) is 9.43. The van der Waals surface area contributed by atoms with Crippen LogP contribution in [0.1, 0.15) is 0 Å². The van der Waals surface area contributed by atoms with Crippen LogP contribution in [0.25, 0.3) is 116 Å². The minimum absolute atomic E-state index is 0.653. The first-order chi connectivity index (χ1) is 29.3. The van der Waals surface area contributed by atoms with E-state index in [0.717, 1.165) is 99.4 Å². The summed E-state index contributed by atoms with van der Waals surface area (Å²) in [5.41, 5.74) is 13.6. The third-order valence-electron chi connectivity index (χ3n) is 12.0. The predicted molar refractivity (Wildman–Crippen MR) is 243 cm³/mol. The monoisotopic (exact) mass is 752 g/mol. The Morgan fingerprint density at radius 1 is 0.322 bits per heavy atom. The van der Waals surface area contributed by atoms with Crippen LogP contribution in [0.4, 0.5) is 0 Å². The number of para-hydroxylation sites is 4. The van der Waals surface area contributed by atoms with Gasteiger partial charge in [0.2, 0.25) is 5.95 Å². The van der Waals surface area contributed by atoms with Crippen molar-refractivity contribution in [2.24, 2.45) is 0 Å². The van der Waals surface area contributed by atoms with E-state index in [9.17, 15) is 0 Å². The average Bonchev–Trinajstić information content (AvgIpc) is 3.96. The Labute approximate surface area is 337 Å². The first-order valence-corrected chi connectivity index (χ1v) is 20.0. The predicted octanol–water partition coefficient (Wildman–Crippen LogP) is 13.1. The number of pyridine rings is 1. The Kier molecular flexibility index (Phi) is 6.63. The molecule has 0 bridgehead atoms. The summed E-state index contributed by atoms with van der Waals surface area (Å²) in [5.74, 6) is 0.653. The number of imidazole rings is 1. The molecule has 0 unspecified atom stereocenters. The topological polar surface area (TPSA) is 52.9 Å². The number of hydrogen-bond donors (Lipinski definition) is 0. The molecular formula is C53H32N6. The van der Waals surface area contributed by atoms with Gasteiger partial charge < -0.3 is 0 Å². The van der Waals surface area contributed by atoms with Crippen LogP contribution in [-0.4, -0.2) is 28.5 Å². The number of benzene rings is 8. The fraction of sp³-hybridized carbons (Fsp3) is 0. The molecule has 13 rings (SSSR count). The molecule has 59 heavy (non-hydrogen) atoms. The van der Waals surface area contributed by atoms with Crippen molar-refractivity contribution in [1.82, 2.24) is 28.5 Å². The van der Waals surface area contributed by atoms with Crippen molar-refractivity contribution in [2.75, 3.05) is 0 Å². The summed E-state index contributed by atoms with van der Waals surface area (Å²) in [6.07, 6.45) is 0. The highest BCUT2D eigenvalue weighted by atomic mass is 15.2. The second-order valence-corrected chi connectivity index (χ2v) is 15.2.